The first-order chi connectivity index (χ1) is 5.33. The van der Waals surface area contributed by atoms with Crippen molar-refractivity contribution >= 4 is 5.78 Å². The quantitative estimate of drug-likeness (QED) is 0.589. The lowest BCUT2D eigenvalue weighted by atomic mass is 9.94. The van der Waals surface area contributed by atoms with Gasteiger partial charge in [-0.15, -0.1) is 6.42 Å². The van der Waals surface area contributed by atoms with Crippen LogP contribution in [0.1, 0.15) is 25.7 Å². The number of Topliss-reactive ketones (excluding diaryl/α,β-unsaturated/α-hetero) is 1. The zero-order valence-corrected chi connectivity index (χ0v) is 6.60. The third-order valence-corrected chi connectivity index (χ3v) is 2.04. The zero-order chi connectivity index (χ0) is 8.10. The van der Waals surface area contributed by atoms with Gasteiger partial charge in [0.2, 0.25) is 0 Å². The van der Waals surface area contributed by atoms with Crippen LogP contribution < -0.4 is 5.32 Å². The molecule has 0 bridgehead atoms. The molecule has 0 heterocycles. The van der Waals surface area contributed by atoms with Crippen LogP contribution in [-0.2, 0) is 4.79 Å². The Hall–Kier alpha value is -0.810. The van der Waals surface area contributed by atoms with Crippen LogP contribution in [0.3, 0.4) is 0 Å². The molecule has 0 unspecified atom stereocenters. The van der Waals surface area contributed by atoms with Gasteiger partial charge in [0.25, 0.3) is 0 Å². The van der Waals surface area contributed by atoms with E-state index in [1.54, 1.807) is 0 Å². The Kier molecular flexibility index (Phi) is 3.13. The SMILES string of the molecule is C#CCNC1CCC(=O)CC1. The summed E-state index contributed by atoms with van der Waals surface area (Å²) in [6, 6.07) is 0.476. The van der Waals surface area contributed by atoms with Crippen molar-refractivity contribution in [2.75, 3.05) is 6.54 Å². The number of ketones is 1. The minimum absolute atomic E-state index is 0.392. The molecule has 1 rings (SSSR count). The van der Waals surface area contributed by atoms with E-state index in [0.29, 0.717) is 18.4 Å². The molecule has 1 fully saturated rings. The fourth-order valence-electron chi connectivity index (χ4n) is 1.35. The molecule has 1 aliphatic carbocycles. The van der Waals surface area contributed by atoms with Gasteiger partial charge in [0.15, 0.2) is 0 Å². The Balaban J connectivity index is 2.18. The van der Waals surface area contributed by atoms with Gasteiger partial charge in [0.1, 0.15) is 5.78 Å². The van der Waals surface area contributed by atoms with E-state index in [1.165, 1.54) is 0 Å². The summed E-state index contributed by atoms with van der Waals surface area (Å²) < 4.78 is 0. The first-order valence-corrected chi connectivity index (χ1v) is 4.01. The second-order valence-electron chi connectivity index (χ2n) is 2.90. The Bertz CT molecular complexity index is 170. The topological polar surface area (TPSA) is 29.1 Å². The van der Waals surface area contributed by atoms with Crippen molar-refractivity contribution in [1.82, 2.24) is 5.32 Å². The number of carbonyl (C=O) groups is 1. The summed E-state index contributed by atoms with van der Waals surface area (Å²) >= 11 is 0. The molecular formula is C9H13NO. The predicted octanol–water partition coefficient (Wildman–Crippen LogP) is 0.721. The molecule has 0 aromatic carbocycles. The normalized spacial score (nSPS) is 19.7. The Morgan fingerprint density at radius 3 is 2.73 bits per heavy atom. The summed E-state index contributed by atoms with van der Waals surface area (Å²) in [5.41, 5.74) is 0. The Morgan fingerprint density at radius 1 is 1.55 bits per heavy atom. The number of hydrogen-bond donors (Lipinski definition) is 1. The highest BCUT2D eigenvalue weighted by atomic mass is 16.1. The van der Waals surface area contributed by atoms with E-state index in [2.05, 4.69) is 11.2 Å². The van der Waals surface area contributed by atoms with Gasteiger partial charge in [0, 0.05) is 18.9 Å². The molecule has 0 aromatic heterocycles. The summed E-state index contributed by atoms with van der Waals surface area (Å²) in [5, 5.41) is 3.20. The number of carbonyl (C=O) groups excluding carboxylic acids is 1. The lowest BCUT2D eigenvalue weighted by Gasteiger charge is -2.20. The number of hydrogen-bond acceptors (Lipinski definition) is 2. The van der Waals surface area contributed by atoms with Crippen molar-refractivity contribution in [3.05, 3.63) is 0 Å². The number of terminal acetylenes is 1. The van der Waals surface area contributed by atoms with Gasteiger partial charge in [-0.1, -0.05) is 5.92 Å². The summed E-state index contributed by atoms with van der Waals surface area (Å²) in [6.45, 7) is 0.624. The molecule has 2 nitrogen and oxygen atoms in total. The van der Waals surface area contributed by atoms with E-state index < -0.39 is 0 Å². The van der Waals surface area contributed by atoms with E-state index in [-0.39, 0.29) is 0 Å². The van der Waals surface area contributed by atoms with Gasteiger partial charge >= 0.3 is 0 Å². The first kappa shape index (κ1) is 8.29. The first-order valence-electron chi connectivity index (χ1n) is 4.01. The van der Waals surface area contributed by atoms with Crippen molar-refractivity contribution in [2.45, 2.75) is 31.7 Å². The summed E-state index contributed by atoms with van der Waals surface area (Å²) in [7, 11) is 0. The average Bonchev–Trinajstić information content (AvgIpc) is 2.04. The fraction of sp³-hybridized carbons (Fsp3) is 0.667. The molecule has 2 heteroatoms. The second kappa shape index (κ2) is 4.15. The van der Waals surface area contributed by atoms with Crippen LogP contribution in [-0.4, -0.2) is 18.4 Å². The van der Waals surface area contributed by atoms with Gasteiger partial charge in [0.05, 0.1) is 6.54 Å². The van der Waals surface area contributed by atoms with E-state index in [4.69, 9.17) is 6.42 Å². The summed E-state index contributed by atoms with van der Waals surface area (Å²) in [5.74, 6) is 2.92. The van der Waals surface area contributed by atoms with Crippen LogP contribution in [0.5, 0.6) is 0 Å². The summed E-state index contributed by atoms with van der Waals surface area (Å²) in [4.78, 5) is 10.8. The molecule has 0 saturated heterocycles. The monoisotopic (exact) mass is 151 g/mol. The molecule has 1 N–H and O–H groups in total. The minimum atomic E-state index is 0.392. The highest BCUT2D eigenvalue weighted by Gasteiger charge is 2.16. The third-order valence-electron chi connectivity index (χ3n) is 2.04. The summed E-state index contributed by atoms with van der Waals surface area (Å²) in [6.07, 6.45) is 8.46. The molecule has 0 amide bonds. The lowest BCUT2D eigenvalue weighted by molar-refractivity contribution is -0.120. The molecule has 1 aliphatic rings. The van der Waals surface area contributed by atoms with E-state index in [1.807, 2.05) is 0 Å². The minimum Gasteiger partial charge on any atom is -0.303 e. The second-order valence-corrected chi connectivity index (χ2v) is 2.90. The molecule has 0 aliphatic heterocycles. The van der Waals surface area contributed by atoms with Gasteiger partial charge in [-0.25, -0.2) is 0 Å². The molecular weight excluding hydrogens is 138 g/mol. The van der Waals surface area contributed by atoms with E-state index in [0.717, 1.165) is 25.7 Å². The van der Waals surface area contributed by atoms with Crippen molar-refractivity contribution in [1.29, 1.82) is 0 Å². The van der Waals surface area contributed by atoms with Gasteiger partial charge < -0.3 is 5.32 Å². The Labute approximate surface area is 67.4 Å². The average molecular weight is 151 g/mol. The fourth-order valence-corrected chi connectivity index (χ4v) is 1.35. The van der Waals surface area contributed by atoms with Crippen molar-refractivity contribution in [3.63, 3.8) is 0 Å². The van der Waals surface area contributed by atoms with Crippen LogP contribution in [0.15, 0.2) is 0 Å². The molecule has 0 spiro atoms. The third kappa shape index (κ3) is 2.73. The lowest BCUT2D eigenvalue weighted by Crippen LogP contribution is -2.33. The highest BCUT2D eigenvalue weighted by Crippen LogP contribution is 2.13. The van der Waals surface area contributed by atoms with Crippen LogP contribution in [0.25, 0.3) is 0 Å². The maximum atomic E-state index is 10.8. The van der Waals surface area contributed by atoms with Crippen LogP contribution in [0.4, 0.5) is 0 Å². The molecule has 1 saturated carbocycles. The maximum absolute atomic E-state index is 10.8. The van der Waals surface area contributed by atoms with Crippen molar-refractivity contribution in [2.24, 2.45) is 0 Å². The van der Waals surface area contributed by atoms with E-state index >= 15 is 0 Å². The predicted molar refractivity (Wildman–Crippen MR) is 44.1 cm³/mol. The standard InChI is InChI=1S/C9H13NO/c1-2-7-10-8-3-5-9(11)6-4-8/h1,8,10H,3-7H2. The van der Waals surface area contributed by atoms with Crippen LogP contribution in [0.2, 0.25) is 0 Å². The maximum Gasteiger partial charge on any atom is 0.133 e. The largest absolute Gasteiger partial charge is 0.303 e. The number of rotatable bonds is 2. The molecule has 60 valence electrons. The number of nitrogens with one attached hydrogen (secondary N) is 1. The van der Waals surface area contributed by atoms with Crippen LogP contribution in [0, 0.1) is 12.3 Å². The zero-order valence-electron chi connectivity index (χ0n) is 6.60. The van der Waals surface area contributed by atoms with Crippen LogP contribution >= 0.6 is 0 Å². The van der Waals surface area contributed by atoms with Crippen molar-refractivity contribution < 1.29 is 4.79 Å². The van der Waals surface area contributed by atoms with Gasteiger partial charge in [-0.05, 0) is 12.8 Å². The molecule has 0 aromatic rings. The molecule has 0 radical (unpaired) electrons. The van der Waals surface area contributed by atoms with E-state index in [9.17, 15) is 4.79 Å². The molecule has 0 atom stereocenters. The van der Waals surface area contributed by atoms with Gasteiger partial charge in [-0.3, -0.25) is 4.79 Å². The highest BCUT2D eigenvalue weighted by molar-refractivity contribution is 5.79. The van der Waals surface area contributed by atoms with Gasteiger partial charge in [-0.2, -0.15) is 0 Å². The Morgan fingerprint density at radius 2 is 2.18 bits per heavy atom. The smallest absolute Gasteiger partial charge is 0.133 e. The van der Waals surface area contributed by atoms with Crippen molar-refractivity contribution in [3.8, 4) is 12.3 Å². The molecule has 11 heavy (non-hydrogen) atoms.